The quantitative estimate of drug-likeness (QED) is 0.695. The molecule has 2 aromatic carbocycles. The Morgan fingerprint density at radius 3 is 2.37 bits per heavy atom. The molecule has 0 saturated carbocycles. The Hall–Kier alpha value is -2.66. The van der Waals surface area contributed by atoms with Gasteiger partial charge in [-0.2, -0.15) is 0 Å². The van der Waals surface area contributed by atoms with Crippen LogP contribution in [-0.2, 0) is 0 Å². The van der Waals surface area contributed by atoms with Crippen molar-refractivity contribution in [1.29, 1.82) is 0 Å². The molecule has 1 atom stereocenters. The molecule has 0 N–H and O–H groups in total. The van der Waals surface area contributed by atoms with Crippen molar-refractivity contribution in [1.82, 2.24) is 15.1 Å². The normalized spacial score (nSPS) is 16.5. The van der Waals surface area contributed by atoms with Crippen molar-refractivity contribution in [2.24, 2.45) is 0 Å². The maximum atomic E-state index is 5.95. The molecule has 5 heteroatoms. The third-order valence-corrected chi connectivity index (χ3v) is 5.60. The van der Waals surface area contributed by atoms with E-state index in [9.17, 15) is 0 Å². The van der Waals surface area contributed by atoms with Crippen LogP contribution < -0.4 is 4.90 Å². The van der Waals surface area contributed by atoms with E-state index in [1.165, 1.54) is 16.8 Å². The third kappa shape index (κ3) is 3.60. The summed E-state index contributed by atoms with van der Waals surface area (Å²) in [5.41, 5.74) is 5.04. The highest BCUT2D eigenvalue weighted by Gasteiger charge is 2.26. The van der Waals surface area contributed by atoms with Crippen LogP contribution in [0.25, 0.3) is 11.5 Å². The molecule has 0 radical (unpaired) electrons. The lowest BCUT2D eigenvalue weighted by molar-refractivity contribution is 0.173. The molecule has 1 fully saturated rings. The minimum absolute atomic E-state index is 0.121. The van der Waals surface area contributed by atoms with Crippen LogP contribution in [0.15, 0.2) is 52.9 Å². The zero-order valence-corrected chi connectivity index (χ0v) is 16.2. The molecule has 3 aromatic rings. The zero-order valence-electron chi connectivity index (χ0n) is 16.2. The van der Waals surface area contributed by atoms with Gasteiger partial charge in [-0.1, -0.05) is 30.3 Å². The van der Waals surface area contributed by atoms with E-state index in [0.717, 1.165) is 31.7 Å². The highest BCUT2D eigenvalue weighted by atomic mass is 16.4. The van der Waals surface area contributed by atoms with Crippen LogP contribution in [0.5, 0.6) is 0 Å². The van der Waals surface area contributed by atoms with Crippen molar-refractivity contribution in [3.63, 3.8) is 0 Å². The first-order chi connectivity index (χ1) is 13.1. The number of anilines is 1. The van der Waals surface area contributed by atoms with Gasteiger partial charge >= 0.3 is 0 Å². The van der Waals surface area contributed by atoms with Crippen molar-refractivity contribution in [2.45, 2.75) is 26.8 Å². The molecular weight excluding hydrogens is 336 g/mol. The highest BCUT2D eigenvalue weighted by Crippen LogP contribution is 2.27. The number of hydrogen-bond acceptors (Lipinski definition) is 5. The Labute approximate surface area is 160 Å². The van der Waals surface area contributed by atoms with Gasteiger partial charge < -0.3 is 9.32 Å². The van der Waals surface area contributed by atoms with E-state index in [4.69, 9.17) is 4.42 Å². The molecular formula is C22H26N4O. The van der Waals surface area contributed by atoms with Gasteiger partial charge in [-0.25, -0.2) is 0 Å². The average Bonchev–Trinajstić information content (AvgIpc) is 3.21. The largest absolute Gasteiger partial charge is 0.419 e. The summed E-state index contributed by atoms with van der Waals surface area (Å²) in [5, 5.41) is 8.53. The van der Waals surface area contributed by atoms with Crippen LogP contribution in [0.2, 0.25) is 0 Å². The highest BCUT2D eigenvalue weighted by molar-refractivity contribution is 5.56. The topological polar surface area (TPSA) is 45.4 Å². The molecule has 0 aliphatic carbocycles. The Morgan fingerprint density at radius 1 is 0.889 bits per heavy atom. The summed E-state index contributed by atoms with van der Waals surface area (Å²) in [4.78, 5) is 4.90. The minimum Gasteiger partial charge on any atom is -0.419 e. The molecule has 1 aliphatic rings. The number of aromatic nitrogens is 2. The minimum atomic E-state index is 0.121. The van der Waals surface area contributed by atoms with Crippen LogP contribution in [0.3, 0.4) is 0 Å². The average molecular weight is 362 g/mol. The predicted octanol–water partition coefficient (Wildman–Crippen LogP) is 4.24. The molecule has 4 rings (SSSR count). The molecule has 0 spiro atoms. The maximum absolute atomic E-state index is 5.95. The Balaban J connectivity index is 1.42. The van der Waals surface area contributed by atoms with Gasteiger partial charge in [0.05, 0.1) is 6.04 Å². The van der Waals surface area contributed by atoms with E-state index in [-0.39, 0.29) is 6.04 Å². The summed E-state index contributed by atoms with van der Waals surface area (Å²) in [6.07, 6.45) is 0. The summed E-state index contributed by atoms with van der Waals surface area (Å²) in [6, 6.07) is 16.6. The molecule has 1 aromatic heterocycles. The fraction of sp³-hybridized carbons (Fsp3) is 0.364. The molecule has 140 valence electrons. The van der Waals surface area contributed by atoms with Crippen LogP contribution in [0, 0.1) is 13.8 Å². The van der Waals surface area contributed by atoms with E-state index in [1.807, 2.05) is 30.3 Å². The van der Waals surface area contributed by atoms with Gasteiger partial charge in [0.25, 0.3) is 0 Å². The van der Waals surface area contributed by atoms with Crippen molar-refractivity contribution in [3.8, 4) is 11.5 Å². The lowest BCUT2D eigenvalue weighted by Crippen LogP contribution is -2.47. The Kier molecular flexibility index (Phi) is 4.94. The van der Waals surface area contributed by atoms with E-state index in [1.54, 1.807) is 0 Å². The fourth-order valence-electron chi connectivity index (χ4n) is 3.69. The predicted molar refractivity (Wildman–Crippen MR) is 108 cm³/mol. The van der Waals surface area contributed by atoms with E-state index in [2.05, 4.69) is 59.0 Å². The number of benzene rings is 2. The van der Waals surface area contributed by atoms with Crippen molar-refractivity contribution in [3.05, 3.63) is 65.5 Å². The van der Waals surface area contributed by atoms with Gasteiger partial charge in [0.1, 0.15) is 0 Å². The standard InChI is InChI=1S/C22H26N4O/c1-16-8-7-11-20(17(16)2)26-14-12-25(13-15-26)18(3)21-23-24-22(27-21)19-9-5-4-6-10-19/h4-11,18H,12-15H2,1-3H3/t18-/m1/s1. The van der Waals surface area contributed by atoms with Gasteiger partial charge in [-0.15, -0.1) is 10.2 Å². The molecule has 0 amide bonds. The molecule has 1 saturated heterocycles. The second kappa shape index (κ2) is 7.53. The van der Waals surface area contributed by atoms with Crippen LogP contribution in [0.1, 0.15) is 30.0 Å². The molecule has 0 bridgehead atoms. The van der Waals surface area contributed by atoms with Gasteiger partial charge in [-0.3, -0.25) is 4.90 Å². The number of hydrogen-bond donors (Lipinski definition) is 0. The molecule has 27 heavy (non-hydrogen) atoms. The first-order valence-corrected chi connectivity index (χ1v) is 9.57. The van der Waals surface area contributed by atoms with E-state index >= 15 is 0 Å². The van der Waals surface area contributed by atoms with Gasteiger partial charge in [-0.05, 0) is 50.1 Å². The zero-order chi connectivity index (χ0) is 18.8. The van der Waals surface area contributed by atoms with Crippen LogP contribution in [0.4, 0.5) is 5.69 Å². The summed E-state index contributed by atoms with van der Waals surface area (Å²) in [5.74, 6) is 1.28. The maximum Gasteiger partial charge on any atom is 0.247 e. The fourth-order valence-corrected chi connectivity index (χ4v) is 3.69. The lowest BCUT2D eigenvalue weighted by Gasteiger charge is -2.38. The van der Waals surface area contributed by atoms with Crippen molar-refractivity contribution >= 4 is 5.69 Å². The molecule has 0 unspecified atom stereocenters. The van der Waals surface area contributed by atoms with Crippen molar-refractivity contribution in [2.75, 3.05) is 31.1 Å². The number of rotatable bonds is 4. The Morgan fingerprint density at radius 2 is 1.63 bits per heavy atom. The second-order valence-electron chi connectivity index (χ2n) is 7.23. The summed E-state index contributed by atoms with van der Waals surface area (Å²) < 4.78 is 5.95. The monoisotopic (exact) mass is 362 g/mol. The number of nitrogens with zero attached hydrogens (tertiary/aromatic N) is 4. The summed E-state index contributed by atoms with van der Waals surface area (Å²) in [6.45, 7) is 10.5. The van der Waals surface area contributed by atoms with E-state index < -0.39 is 0 Å². The first-order valence-electron chi connectivity index (χ1n) is 9.57. The first kappa shape index (κ1) is 17.7. The molecule has 2 heterocycles. The van der Waals surface area contributed by atoms with Crippen LogP contribution >= 0.6 is 0 Å². The van der Waals surface area contributed by atoms with Gasteiger partial charge in [0.2, 0.25) is 11.8 Å². The summed E-state index contributed by atoms with van der Waals surface area (Å²) >= 11 is 0. The molecule has 1 aliphatic heterocycles. The van der Waals surface area contributed by atoms with Gasteiger partial charge in [0.15, 0.2) is 0 Å². The SMILES string of the molecule is Cc1cccc(N2CCN([C@H](C)c3nnc(-c4ccccc4)o3)CC2)c1C. The summed E-state index contributed by atoms with van der Waals surface area (Å²) in [7, 11) is 0. The second-order valence-corrected chi connectivity index (χ2v) is 7.23. The van der Waals surface area contributed by atoms with Crippen molar-refractivity contribution < 1.29 is 4.42 Å². The molecule has 5 nitrogen and oxygen atoms in total. The lowest BCUT2D eigenvalue weighted by atomic mass is 10.1. The Bertz CT molecular complexity index is 898. The smallest absolute Gasteiger partial charge is 0.247 e. The van der Waals surface area contributed by atoms with Gasteiger partial charge in [0, 0.05) is 37.4 Å². The third-order valence-electron chi connectivity index (χ3n) is 5.60. The number of piperazine rings is 1. The van der Waals surface area contributed by atoms with E-state index in [0.29, 0.717) is 11.8 Å². The van der Waals surface area contributed by atoms with Crippen LogP contribution in [-0.4, -0.2) is 41.3 Å². The number of aryl methyl sites for hydroxylation is 1.